The highest BCUT2D eigenvalue weighted by molar-refractivity contribution is 7.22. The second-order valence-corrected chi connectivity index (χ2v) is 6.96. The van der Waals surface area contributed by atoms with E-state index in [2.05, 4.69) is 9.88 Å². The minimum absolute atomic E-state index is 0. The summed E-state index contributed by atoms with van der Waals surface area (Å²) in [6, 6.07) is 15.1. The van der Waals surface area contributed by atoms with Gasteiger partial charge in [-0.05, 0) is 50.5 Å². The van der Waals surface area contributed by atoms with Gasteiger partial charge in [0, 0.05) is 18.7 Å². The van der Waals surface area contributed by atoms with Crippen molar-refractivity contribution in [3.8, 4) is 5.75 Å². The van der Waals surface area contributed by atoms with Crippen molar-refractivity contribution in [1.29, 1.82) is 0 Å². The number of methoxy groups -OCH3 is 1. The SMILES string of the molecule is COc1ccc(C(=O)N(CCN(C)C)c2nc3ccccc3s2)cc1.Cl. The number of halogens is 1. The van der Waals surface area contributed by atoms with Crippen LogP contribution in [0.3, 0.4) is 0 Å². The van der Waals surface area contributed by atoms with Gasteiger partial charge in [-0.2, -0.15) is 0 Å². The van der Waals surface area contributed by atoms with E-state index in [1.807, 2.05) is 38.4 Å². The topological polar surface area (TPSA) is 45.7 Å². The molecule has 0 spiro atoms. The first-order chi connectivity index (χ1) is 12.1. The van der Waals surface area contributed by atoms with Crippen molar-refractivity contribution in [1.82, 2.24) is 9.88 Å². The fourth-order valence-electron chi connectivity index (χ4n) is 2.45. The Bertz CT molecular complexity index is 832. The molecular formula is C19H22ClN3O2S. The molecule has 0 fully saturated rings. The molecule has 0 atom stereocenters. The number of thiazole rings is 1. The number of amides is 1. The lowest BCUT2D eigenvalue weighted by Gasteiger charge is -2.22. The summed E-state index contributed by atoms with van der Waals surface area (Å²) in [6.45, 7) is 1.34. The first-order valence-corrected chi connectivity index (χ1v) is 8.86. The van der Waals surface area contributed by atoms with Gasteiger partial charge >= 0.3 is 0 Å². The van der Waals surface area contributed by atoms with Crippen molar-refractivity contribution in [3.05, 3.63) is 54.1 Å². The van der Waals surface area contributed by atoms with E-state index in [1.54, 1.807) is 36.3 Å². The number of anilines is 1. The molecule has 0 aliphatic rings. The van der Waals surface area contributed by atoms with Gasteiger partial charge in [0.05, 0.1) is 17.3 Å². The quantitative estimate of drug-likeness (QED) is 0.638. The number of hydrogen-bond donors (Lipinski definition) is 0. The molecule has 3 aromatic rings. The standard InChI is InChI=1S/C19H21N3O2S.ClH/c1-21(2)12-13-22(18(23)14-8-10-15(24-3)11-9-14)19-20-16-6-4-5-7-17(16)25-19;/h4-11H,12-13H2,1-3H3;1H. The molecule has 26 heavy (non-hydrogen) atoms. The Morgan fingerprint density at radius 1 is 1.08 bits per heavy atom. The molecular weight excluding hydrogens is 370 g/mol. The maximum Gasteiger partial charge on any atom is 0.260 e. The summed E-state index contributed by atoms with van der Waals surface area (Å²) in [5.74, 6) is 0.680. The second kappa shape index (κ2) is 8.98. The van der Waals surface area contributed by atoms with Gasteiger partial charge in [-0.25, -0.2) is 4.98 Å². The number of likely N-dealkylation sites (N-methyl/N-ethyl adjacent to an activating group) is 1. The van der Waals surface area contributed by atoms with Gasteiger partial charge in [0.25, 0.3) is 5.91 Å². The van der Waals surface area contributed by atoms with Crippen LogP contribution in [0.15, 0.2) is 48.5 Å². The van der Waals surface area contributed by atoms with Crippen LogP contribution >= 0.6 is 23.7 Å². The van der Waals surface area contributed by atoms with E-state index in [1.165, 1.54) is 11.3 Å². The molecule has 3 rings (SSSR count). The fraction of sp³-hybridized carbons (Fsp3) is 0.263. The highest BCUT2D eigenvalue weighted by atomic mass is 35.5. The molecule has 1 heterocycles. The van der Waals surface area contributed by atoms with E-state index in [9.17, 15) is 4.79 Å². The molecule has 0 bridgehead atoms. The average Bonchev–Trinajstić information content (AvgIpc) is 3.05. The Kier molecular flexibility index (Phi) is 6.97. The number of benzene rings is 2. The Labute approximate surface area is 163 Å². The molecule has 0 radical (unpaired) electrons. The van der Waals surface area contributed by atoms with E-state index in [-0.39, 0.29) is 18.3 Å². The molecule has 1 aromatic heterocycles. The number of rotatable bonds is 6. The third kappa shape index (κ3) is 4.52. The van der Waals surface area contributed by atoms with Crippen LogP contribution in [-0.2, 0) is 0 Å². The van der Waals surface area contributed by atoms with Crippen LogP contribution in [0.4, 0.5) is 5.13 Å². The Hall–Kier alpha value is -2.15. The minimum Gasteiger partial charge on any atom is -0.497 e. The minimum atomic E-state index is -0.0523. The zero-order valence-corrected chi connectivity index (χ0v) is 16.6. The lowest BCUT2D eigenvalue weighted by molar-refractivity contribution is 0.0985. The van der Waals surface area contributed by atoms with Crippen LogP contribution in [0.1, 0.15) is 10.4 Å². The molecule has 138 valence electrons. The number of nitrogens with zero attached hydrogens (tertiary/aromatic N) is 3. The summed E-state index contributed by atoms with van der Waals surface area (Å²) in [6.07, 6.45) is 0. The van der Waals surface area contributed by atoms with Gasteiger partial charge in [0.15, 0.2) is 5.13 Å². The maximum absolute atomic E-state index is 13.1. The van der Waals surface area contributed by atoms with Crippen molar-refractivity contribution in [2.75, 3.05) is 39.2 Å². The molecule has 0 unspecified atom stereocenters. The van der Waals surface area contributed by atoms with E-state index in [4.69, 9.17) is 4.74 Å². The predicted molar refractivity (Wildman–Crippen MR) is 110 cm³/mol. The number of fused-ring (bicyclic) bond motifs is 1. The lowest BCUT2D eigenvalue weighted by atomic mass is 10.2. The molecule has 2 aromatic carbocycles. The third-order valence-electron chi connectivity index (χ3n) is 3.87. The van der Waals surface area contributed by atoms with E-state index < -0.39 is 0 Å². The first kappa shape index (κ1) is 20.2. The van der Waals surface area contributed by atoms with Gasteiger partial charge in [0.2, 0.25) is 0 Å². The molecule has 0 aliphatic heterocycles. The lowest BCUT2D eigenvalue weighted by Crippen LogP contribution is -2.36. The van der Waals surface area contributed by atoms with Crippen molar-refractivity contribution in [2.45, 2.75) is 0 Å². The van der Waals surface area contributed by atoms with Crippen LogP contribution in [-0.4, -0.2) is 50.1 Å². The highest BCUT2D eigenvalue weighted by Gasteiger charge is 2.21. The van der Waals surface area contributed by atoms with Gasteiger partial charge in [-0.3, -0.25) is 9.69 Å². The summed E-state index contributed by atoms with van der Waals surface area (Å²) in [4.78, 5) is 21.5. The van der Waals surface area contributed by atoms with Gasteiger partial charge in [-0.15, -0.1) is 12.4 Å². The van der Waals surface area contributed by atoms with Crippen LogP contribution in [0.2, 0.25) is 0 Å². The number of ether oxygens (including phenoxy) is 1. The van der Waals surface area contributed by atoms with E-state index in [0.29, 0.717) is 12.1 Å². The fourth-order valence-corrected chi connectivity index (χ4v) is 3.44. The largest absolute Gasteiger partial charge is 0.497 e. The first-order valence-electron chi connectivity index (χ1n) is 8.04. The Balaban J connectivity index is 0.00000243. The van der Waals surface area contributed by atoms with Crippen LogP contribution in [0.25, 0.3) is 10.2 Å². The van der Waals surface area contributed by atoms with Crippen molar-refractivity contribution in [3.63, 3.8) is 0 Å². The van der Waals surface area contributed by atoms with Gasteiger partial charge in [0.1, 0.15) is 5.75 Å². The zero-order chi connectivity index (χ0) is 17.8. The summed E-state index contributed by atoms with van der Waals surface area (Å²) in [5, 5.41) is 0.726. The highest BCUT2D eigenvalue weighted by Crippen LogP contribution is 2.29. The van der Waals surface area contributed by atoms with E-state index in [0.717, 1.165) is 27.6 Å². The smallest absolute Gasteiger partial charge is 0.260 e. The molecule has 0 saturated carbocycles. The number of aromatic nitrogens is 1. The number of para-hydroxylation sites is 1. The molecule has 0 aliphatic carbocycles. The van der Waals surface area contributed by atoms with Crippen LogP contribution in [0.5, 0.6) is 5.75 Å². The number of hydrogen-bond acceptors (Lipinski definition) is 5. The van der Waals surface area contributed by atoms with Crippen molar-refractivity contribution in [2.24, 2.45) is 0 Å². The summed E-state index contributed by atoms with van der Waals surface area (Å²) < 4.78 is 6.25. The van der Waals surface area contributed by atoms with Gasteiger partial charge < -0.3 is 9.64 Å². The van der Waals surface area contributed by atoms with Gasteiger partial charge in [-0.1, -0.05) is 23.5 Å². The number of carbonyl (C=O) groups excluding carboxylic acids is 1. The summed E-state index contributed by atoms with van der Waals surface area (Å²) in [5.41, 5.74) is 1.54. The molecule has 0 saturated heterocycles. The van der Waals surface area contributed by atoms with E-state index >= 15 is 0 Å². The second-order valence-electron chi connectivity index (χ2n) is 5.95. The normalized spacial score (nSPS) is 10.6. The Morgan fingerprint density at radius 2 is 1.77 bits per heavy atom. The van der Waals surface area contributed by atoms with Crippen molar-refractivity contribution >= 4 is 45.0 Å². The molecule has 7 heteroatoms. The Morgan fingerprint density at radius 3 is 2.38 bits per heavy atom. The number of carbonyl (C=O) groups is 1. The zero-order valence-electron chi connectivity index (χ0n) is 15.0. The average molecular weight is 392 g/mol. The predicted octanol–water partition coefficient (Wildman–Crippen LogP) is 3.94. The van der Waals surface area contributed by atoms with Crippen LogP contribution < -0.4 is 9.64 Å². The summed E-state index contributed by atoms with van der Waals surface area (Å²) in [7, 11) is 5.60. The van der Waals surface area contributed by atoms with Crippen LogP contribution in [0, 0.1) is 0 Å². The van der Waals surface area contributed by atoms with Crippen molar-refractivity contribution < 1.29 is 9.53 Å². The molecule has 5 nitrogen and oxygen atoms in total. The maximum atomic E-state index is 13.1. The summed E-state index contributed by atoms with van der Waals surface area (Å²) >= 11 is 1.54. The third-order valence-corrected chi connectivity index (χ3v) is 4.93. The monoisotopic (exact) mass is 391 g/mol. The molecule has 1 amide bonds. The molecule has 0 N–H and O–H groups in total.